The van der Waals surface area contributed by atoms with Gasteiger partial charge in [0.2, 0.25) is 5.91 Å². The van der Waals surface area contributed by atoms with Gasteiger partial charge >= 0.3 is 12.2 Å². The molecule has 166 valence electrons. The van der Waals surface area contributed by atoms with Gasteiger partial charge in [-0.25, -0.2) is 14.2 Å². The molecule has 2 aromatic rings. The van der Waals surface area contributed by atoms with Crippen molar-refractivity contribution in [2.45, 2.75) is 12.2 Å². The third kappa shape index (κ3) is 4.85. The molecule has 1 aliphatic rings. The molecule has 1 unspecified atom stereocenters. The Balaban J connectivity index is 1.87. The van der Waals surface area contributed by atoms with E-state index in [1.807, 2.05) is 0 Å². The van der Waals surface area contributed by atoms with Gasteiger partial charge in [-0.05, 0) is 17.7 Å². The van der Waals surface area contributed by atoms with Gasteiger partial charge in [-0.2, -0.15) is 13.2 Å². The summed E-state index contributed by atoms with van der Waals surface area (Å²) in [4.78, 5) is 30.0. The number of urea groups is 1. The lowest BCUT2D eigenvalue weighted by molar-refractivity contribution is -0.140. The van der Waals surface area contributed by atoms with Crippen LogP contribution in [0.5, 0.6) is 5.75 Å². The highest BCUT2D eigenvalue weighted by molar-refractivity contribution is 6.08. The number of hydrogen-bond donors (Lipinski definition) is 2. The summed E-state index contributed by atoms with van der Waals surface area (Å²) in [6.07, 6.45) is -3.49. The molecule has 1 aliphatic heterocycles. The minimum Gasteiger partial charge on any atom is -0.495 e. The fourth-order valence-electron chi connectivity index (χ4n) is 3.03. The number of aromatic nitrogens is 1. The van der Waals surface area contributed by atoms with Crippen molar-refractivity contribution >= 4 is 23.4 Å². The minimum absolute atomic E-state index is 0.0603. The van der Waals surface area contributed by atoms with Crippen LogP contribution in [0.2, 0.25) is 0 Å². The maximum Gasteiger partial charge on any atom is 0.419 e. The number of fused-ring (bicyclic) bond motifs is 1. The lowest BCUT2D eigenvalue weighted by Crippen LogP contribution is -2.49. The van der Waals surface area contributed by atoms with Gasteiger partial charge in [-0.3, -0.25) is 9.69 Å². The van der Waals surface area contributed by atoms with Crippen LogP contribution in [0.25, 0.3) is 0 Å². The number of amides is 3. The first kappa shape index (κ1) is 22.3. The highest BCUT2D eigenvalue weighted by Crippen LogP contribution is 2.33. The van der Waals surface area contributed by atoms with E-state index in [0.29, 0.717) is 17.9 Å². The van der Waals surface area contributed by atoms with Gasteiger partial charge in [-0.1, -0.05) is 6.07 Å². The van der Waals surface area contributed by atoms with E-state index < -0.39 is 35.5 Å². The van der Waals surface area contributed by atoms with E-state index in [0.717, 1.165) is 11.0 Å². The minimum atomic E-state index is -4.85. The van der Waals surface area contributed by atoms with Crippen LogP contribution in [0, 0.1) is 5.82 Å². The summed E-state index contributed by atoms with van der Waals surface area (Å²) < 4.78 is 62.5. The number of hydrogen-bond acceptors (Lipinski definition) is 5. The number of nitrogens with one attached hydrogen (secondary N) is 2. The van der Waals surface area contributed by atoms with E-state index in [-0.39, 0.29) is 30.2 Å². The van der Waals surface area contributed by atoms with Gasteiger partial charge in [0.1, 0.15) is 18.1 Å². The van der Waals surface area contributed by atoms with Gasteiger partial charge in [0, 0.05) is 13.2 Å². The number of methoxy groups -OCH3 is 2. The molecule has 0 fully saturated rings. The van der Waals surface area contributed by atoms with Crippen LogP contribution in [-0.2, 0) is 15.7 Å². The lowest BCUT2D eigenvalue weighted by Gasteiger charge is -2.30. The quantitative estimate of drug-likeness (QED) is 0.695. The summed E-state index contributed by atoms with van der Waals surface area (Å²) in [6.45, 7) is -0.501. The Bertz CT molecular complexity index is 999. The molecule has 1 aromatic heterocycles. The van der Waals surface area contributed by atoms with Gasteiger partial charge in [0.15, 0.2) is 5.82 Å². The zero-order chi connectivity index (χ0) is 22.8. The van der Waals surface area contributed by atoms with Crippen LogP contribution in [-0.4, -0.2) is 44.3 Å². The Labute approximate surface area is 174 Å². The van der Waals surface area contributed by atoms with Crippen LogP contribution in [0.1, 0.15) is 17.2 Å². The van der Waals surface area contributed by atoms with Gasteiger partial charge < -0.3 is 20.1 Å². The number of benzene rings is 1. The predicted octanol–water partition coefficient (Wildman–Crippen LogP) is 3.10. The van der Waals surface area contributed by atoms with Crippen molar-refractivity contribution in [3.05, 3.63) is 47.4 Å². The summed E-state index contributed by atoms with van der Waals surface area (Å²) in [5.41, 5.74) is -1.11. The molecule has 2 N–H and O–H groups in total. The average Bonchev–Trinajstić information content (AvgIpc) is 2.71. The molecule has 1 aromatic carbocycles. The largest absolute Gasteiger partial charge is 0.495 e. The summed E-state index contributed by atoms with van der Waals surface area (Å²) >= 11 is 0. The van der Waals surface area contributed by atoms with E-state index in [2.05, 4.69) is 15.6 Å². The molecule has 0 spiro atoms. The Morgan fingerprint density at radius 3 is 2.68 bits per heavy atom. The SMILES string of the molecule is COCC(NC(=O)N1CC(=O)Nc2cc(OC)cnc21)c1ccc(C(F)(F)F)c(F)c1. The van der Waals surface area contributed by atoms with Crippen LogP contribution >= 0.6 is 0 Å². The molecule has 0 bridgehead atoms. The van der Waals surface area contributed by atoms with Gasteiger partial charge in [0.05, 0.1) is 37.2 Å². The zero-order valence-electron chi connectivity index (χ0n) is 16.4. The number of alkyl halides is 3. The first-order valence-corrected chi connectivity index (χ1v) is 8.91. The number of pyridine rings is 1. The number of ether oxygens (including phenoxy) is 2. The van der Waals surface area contributed by atoms with Crippen molar-refractivity contribution in [1.29, 1.82) is 0 Å². The molecular formula is C19H18F4N4O4. The molecule has 3 rings (SSSR count). The first-order valence-electron chi connectivity index (χ1n) is 8.91. The summed E-state index contributed by atoms with van der Waals surface area (Å²) in [7, 11) is 2.73. The molecule has 2 heterocycles. The Hall–Kier alpha value is -3.41. The van der Waals surface area contributed by atoms with E-state index in [1.165, 1.54) is 26.5 Å². The van der Waals surface area contributed by atoms with Crippen LogP contribution in [0.4, 0.5) is 33.9 Å². The molecule has 0 saturated heterocycles. The second-order valence-corrected chi connectivity index (χ2v) is 6.58. The normalized spacial score (nSPS) is 14.5. The molecule has 8 nitrogen and oxygen atoms in total. The summed E-state index contributed by atoms with van der Waals surface area (Å²) in [5.74, 6) is -1.45. The third-order valence-corrected chi connectivity index (χ3v) is 4.49. The number of carbonyl (C=O) groups is 2. The average molecular weight is 442 g/mol. The lowest BCUT2D eigenvalue weighted by atomic mass is 10.0. The van der Waals surface area contributed by atoms with Crippen molar-refractivity contribution in [3.63, 3.8) is 0 Å². The Morgan fingerprint density at radius 2 is 2.06 bits per heavy atom. The molecule has 0 aliphatic carbocycles. The highest BCUT2D eigenvalue weighted by Gasteiger charge is 2.35. The van der Waals surface area contributed by atoms with Crippen LogP contribution in [0.15, 0.2) is 30.5 Å². The molecule has 0 radical (unpaired) electrons. The van der Waals surface area contributed by atoms with E-state index in [9.17, 15) is 27.2 Å². The molecule has 3 amide bonds. The second-order valence-electron chi connectivity index (χ2n) is 6.58. The zero-order valence-corrected chi connectivity index (χ0v) is 16.4. The van der Waals surface area contributed by atoms with Crippen molar-refractivity contribution < 1.29 is 36.6 Å². The topological polar surface area (TPSA) is 92.8 Å². The Morgan fingerprint density at radius 1 is 1.32 bits per heavy atom. The predicted molar refractivity (Wildman–Crippen MR) is 101 cm³/mol. The summed E-state index contributed by atoms with van der Waals surface area (Å²) in [5, 5.41) is 5.12. The number of nitrogens with zero attached hydrogens (tertiary/aromatic N) is 2. The van der Waals surface area contributed by atoms with Crippen molar-refractivity contribution in [2.24, 2.45) is 0 Å². The van der Waals surface area contributed by atoms with Crippen molar-refractivity contribution in [3.8, 4) is 5.75 Å². The van der Waals surface area contributed by atoms with E-state index in [1.54, 1.807) is 0 Å². The van der Waals surface area contributed by atoms with E-state index in [4.69, 9.17) is 9.47 Å². The fourth-order valence-corrected chi connectivity index (χ4v) is 3.03. The number of anilines is 2. The smallest absolute Gasteiger partial charge is 0.419 e. The van der Waals surface area contributed by atoms with Gasteiger partial charge in [0.25, 0.3) is 0 Å². The molecule has 31 heavy (non-hydrogen) atoms. The molecular weight excluding hydrogens is 424 g/mol. The number of carbonyl (C=O) groups excluding carboxylic acids is 2. The molecule has 0 saturated carbocycles. The number of rotatable bonds is 5. The van der Waals surface area contributed by atoms with E-state index >= 15 is 0 Å². The van der Waals surface area contributed by atoms with Crippen molar-refractivity contribution in [1.82, 2.24) is 10.3 Å². The maximum atomic E-state index is 14.0. The maximum absolute atomic E-state index is 14.0. The van der Waals surface area contributed by atoms with Crippen LogP contribution in [0.3, 0.4) is 0 Å². The second kappa shape index (κ2) is 8.76. The van der Waals surface area contributed by atoms with Crippen LogP contribution < -0.4 is 20.3 Å². The number of halogens is 4. The fraction of sp³-hybridized carbons (Fsp3) is 0.316. The molecule has 1 atom stereocenters. The molecule has 12 heteroatoms. The third-order valence-electron chi connectivity index (χ3n) is 4.49. The highest BCUT2D eigenvalue weighted by atomic mass is 19.4. The summed E-state index contributed by atoms with van der Waals surface area (Å²) in [6, 6.07) is 2.06. The first-order chi connectivity index (χ1) is 14.6. The Kier molecular flexibility index (Phi) is 6.29. The van der Waals surface area contributed by atoms with Gasteiger partial charge in [-0.15, -0.1) is 0 Å². The monoisotopic (exact) mass is 442 g/mol. The van der Waals surface area contributed by atoms with Crippen molar-refractivity contribution in [2.75, 3.05) is 37.6 Å². The standard InChI is InChI=1S/C19H18F4N4O4/c1-30-9-15(10-3-4-12(13(20)5-10)19(21,22)23)26-18(29)27-8-16(28)25-14-6-11(31-2)7-24-17(14)27/h3-7,15H,8-9H2,1-2H3,(H,25,28)(H,26,29).